The van der Waals surface area contributed by atoms with Gasteiger partial charge in [-0.25, -0.2) is 4.79 Å². The van der Waals surface area contributed by atoms with Gasteiger partial charge in [0.25, 0.3) is 0 Å². The molecular weight excluding hydrogens is 310 g/mol. The van der Waals surface area contributed by atoms with E-state index in [0.717, 1.165) is 0 Å². The number of hydrogen-bond acceptors (Lipinski definition) is 5. The van der Waals surface area contributed by atoms with Crippen LogP contribution in [0.4, 0.5) is 0 Å². The van der Waals surface area contributed by atoms with Gasteiger partial charge in [-0.05, 0) is 18.2 Å². The Kier molecular flexibility index (Phi) is 5.32. The van der Waals surface area contributed by atoms with Crippen LogP contribution in [-0.4, -0.2) is 22.0 Å². The number of nitriles is 1. The molecule has 0 aromatic heterocycles. The number of aliphatic carboxylic acids is 1. The quantitative estimate of drug-likeness (QED) is 0.481. The zero-order valence-electron chi connectivity index (χ0n) is 12.5. The van der Waals surface area contributed by atoms with Crippen LogP contribution in [0.3, 0.4) is 0 Å². The second-order valence-electron chi connectivity index (χ2n) is 4.78. The SMILES string of the molecule is N#Cc1ccccc1COc1cccc(C(=O)/C=C(\O)C(=O)O)c1. The summed E-state index contributed by atoms with van der Waals surface area (Å²) < 4.78 is 5.57. The highest BCUT2D eigenvalue weighted by Crippen LogP contribution is 2.17. The van der Waals surface area contributed by atoms with E-state index in [1.165, 1.54) is 12.1 Å². The van der Waals surface area contributed by atoms with E-state index in [4.69, 9.17) is 20.2 Å². The summed E-state index contributed by atoms with van der Waals surface area (Å²) in [5, 5.41) is 26.7. The zero-order valence-corrected chi connectivity index (χ0v) is 12.5. The van der Waals surface area contributed by atoms with Gasteiger partial charge in [0, 0.05) is 17.2 Å². The number of hydrogen-bond donors (Lipinski definition) is 2. The van der Waals surface area contributed by atoms with Gasteiger partial charge in [-0.2, -0.15) is 5.26 Å². The van der Waals surface area contributed by atoms with Crippen molar-refractivity contribution in [2.24, 2.45) is 0 Å². The average Bonchev–Trinajstić information content (AvgIpc) is 2.60. The lowest BCUT2D eigenvalue weighted by Crippen LogP contribution is -2.04. The van der Waals surface area contributed by atoms with Crippen LogP contribution >= 0.6 is 0 Å². The molecule has 0 saturated heterocycles. The van der Waals surface area contributed by atoms with Crippen LogP contribution in [0.15, 0.2) is 60.4 Å². The Morgan fingerprint density at radius 2 is 1.88 bits per heavy atom. The van der Waals surface area contributed by atoms with Crippen molar-refractivity contribution in [1.29, 1.82) is 5.26 Å². The maximum atomic E-state index is 11.9. The molecule has 0 heterocycles. The summed E-state index contributed by atoms with van der Waals surface area (Å²) in [4.78, 5) is 22.4. The number of carboxylic acids is 1. The van der Waals surface area contributed by atoms with Crippen LogP contribution < -0.4 is 4.74 Å². The lowest BCUT2D eigenvalue weighted by molar-refractivity contribution is -0.135. The smallest absolute Gasteiger partial charge is 0.371 e. The Bertz CT molecular complexity index is 848. The molecule has 0 fully saturated rings. The van der Waals surface area contributed by atoms with Crippen LogP contribution in [0.1, 0.15) is 21.5 Å². The molecule has 0 amide bonds. The Morgan fingerprint density at radius 1 is 1.12 bits per heavy atom. The summed E-state index contributed by atoms with van der Waals surface area (Å²) in [5.41, 5.74) is 1.38. The van der Waals surface area contributed by atoms with E-state index in [1.54, 1.807) is 36.4 Å². The molecule has 0 saturated carbocycles. The predicted molar refractivity (Wildman–Crippen MR) is 84.6 cm³/mol. The van der Waals surface area contributed by atoms with Gasteiger partial charge in [-0.15, -0.1) is 0 Å². The second-order valence-corrected chi connectivity index (χ2v) is 4.78. The van der Waals surface area contributed by atoms with Gasteiger partial charge in [0.2, 0.25) is 5.76 Å². The number of ketones is 1. The van der Waals surface area contributed by atoms with Gasteiger partial charge in [-0.3, -0.25) is 4.79 Å². The molecule has 2 aromatic carbocycles. The number of benzene rings is 2. The molecule has 0 atom stereocenters. The average molecular weight is 323 g/mol. The standard InChI is InChI=1S/C18H13NO5/c19-10-13-4-1-2-5-14(13)11-24-15-7-3-6-12(8-15)16(20)9-17(21)18(22)23/h1-9,21H,11H2,(H,22,23)/b17-9-. The van der Waals surface area contributed by atoms with Gasteiger partial charge in [0.1, 0.15) is 12.4 Å². The van der Waals surface area contributed by atoms with Crippen molar-refractivity contribution in [1.82, 2.24) is 0 Å². The second kappa shape index (κ2) is 7.61. The first-order valence-corrected chi connectivity index (χ1v) is 6.90. The Morgan fingerprint density at radius 3 is 2.58 bits per heavy atom. The first-order valence-electron chi connectivity index (χ1n) is 6.90. The van der Waals surface area contributed by atoms with E-state index in [9.17, 15) is 9.59 Å². The number of rotatable bonds is 6. The van der Waals surface area contributed by atoms with Gasteiger partial charge in [0.15, 0.2) is 5.78 Å². The molecule has 0 radical (unpaired) electrons. The Labute approximate surface area is 137 Å². The maximum Gasteiger partial charge on any atom is 0.371 e. The molecule has 2 N–H and O–H groups in total. The van der Waals surface area contributed by atoms with E-state index in [2.05, 4.69) is 6.07 Å². The van der Waals surface area contributed by atoms with Gasteiger partial charge in [0.05, 0.1) is 11.6 Å². The molecule has 0 aliphatic heterocycles. The topological polar surface area (TPSA) is 108 Å². The van der Waals surface area contributed by atoms with E-state index in [1.807, 2.05) is 0 Å². The molecule has 0 aliphatic carbocycles. The number of nitrogens with zero attached hydrogens (tertiary/aromatic N) is 1. The molecule has 120 valence electrons. The number of allylic oxidation sites excluding steroid dienone is 1. The molecule has 0 bridgehead atoms. The van der Waals surface area contributed by atoms with Crippen LogP contribution in [0.25, 0.3) is 0 Å². The van der Waals surface area contributed by atoms with Crippen molar-refractivity contribution in [3.63, 3.8) is 0 Å². The monoisotopic (exact) mass is 323 g/mol. The fourth-order valence-corrected chi connectivity index (χ4v) is 1.92. The molecule has 24 heavy (non-hydrogen) atoms. The van der Waals surface area contributed by atoms with E-state index >= 15 is 0 Å². The highest BCUT2D eigenvalue weighted by molar-refractivity contribution is 6.07. The minimum atomic E-state index is -1.58. The van der Waals surface area contributed by atoms with Crippen molar-refractivity contribution in [3.8, 4) is 11.8 Å². The summed E-state index contributed by atoms with van der Waals surface area (Å²) in [6, 6.07) is 15.2. The number of ether oxygens (including phenoxy) is 1. The van der Waals surface area contributed by atoms with Crippen LogP contribution in [-0.2, 0) is 11.4 Å². The third-order valence-electron chi connectivity index (χ3n) is 3.14. The van der Waals surface area contributed by atoms with Crippen LogP contribution in [0.5, 0.6) is 5.75 Å². The summed E-state index contributed by atoms with van der Waals surface area (Å²) in [7, 11) is 0. The molecule has 6 nitrogen and oxygen atoms in total. The summed E-state index contributed by atoms with van der Waals surface area (Å²) in [5.74, 6) is -2.88. The minimum Gasteiger partial charge on any atom is -0.502 e. The molecule has 6 heteroatoms. The van der Waals surface area contributed by atoms with Crippen molar-refractivity contribution in [2.75, 3.05) is 0 Å². The normalized spacial score (nSPS) is 10.7. The number of carbonyl (C=O) groups excluding carboxylic acids is 1. The van der Waals surface area contributed by atoms with E-state index in [-0.39, 0.29) is 12.2 Å². The first kappa shape index (κ1) is 16.8. The highest BCUT2D eigenvalue weighted by atomic mass is 16.5. The zero-order chi connectivity index (χ0) is 17.5. The fraction of sp³-hybridized carbons (Fsp3) is 0.0556. The fourth-order valence-electron chi connectivity index (χ4n) is 1.92. The van der Waals surface area contributed by atoms with Crippen molar-refractivity contribution in [2.45, 2.75) is 6.61 Å². The molecular formula is C18H13NO5. The number of carbonyl (C=O) groups is 2. The van der Waals surface area contributed by atoms with Crippen LogP contribution in [0, 0.1) is 11.3 Å². The van der Waals surface area contributed by atoms with Gasteiger partial charge >= 0.3 is 5.97 Å². The Balaban J connectivity index is 2.14. The summed E-state index contributed by atoms with van der Waals surface area (Å²) >= 11 is 0. The van der Waals surface area contributed by atoms with Crippen molar-refractivity contribution < 1.29 is 24.5 Å². The van der Waals surface area contributed by atoms with E-state index in [0.29, 0.717) is 23.0 Å². The minimum absolute atomic E-state index is 0.150. The first-order chi connectivity index (χ1) is 11.5. The lowest BCUT2D eigenvalue weighted by atomic mass is 10.1. The molecule has 0 unspecified atom stereocenters. The highest BCUT2D eigenvalue weighted by Gasteiger charge is 2.10. The van der Waals surface area contributed by atoms with Crippen molar-refractivity contribution in [3.05, 3.63) is 77.1 Å². The van der Waals surface area contributed by atoms with Gasteiger partial charge < -0.3 is 14.9 Å². The number of aliphatic hydroxyl groups is 1. The Hall–Kier alpha value is -3.59. The predicted octanol–water partition coefficient (Wildman–Crippen LogP) is 2.85. The van der Waals surface area contributed by atoms with Crippen molar-refractivity contribution >= 4 is 11.8 Å². The maximum absolute atomic E-state index is 11.9. The number of aliphatic hydroxyl groups excluding tert-OH is 1. The number of carboxylic acid groups (broad SMARTS) is 1. The summed E-state index contributed by atoms with van der Waals surface area (Å²) in [6.07, 6.45) is 0.631. The molecule has 0 spiro atoms. The van der Waals surface area contributed by atoms with Crippen LogP contribution in [0.2, 0.25) is 0 Å². The summed E-state index contributed by atoms with van der Waals surface area (Å²) in [6.45, 7) is 0.150. The van der Waals surface area contributed by atoms with Gasteiger partial charge in [-0.1, -0.05) is 30.3 Å². The molecule has 2 aromatic rings. The molecule has 2 rings (SSSR count). The van der Waals surface area contributed by atoms with E-state index < -0.39 is 17.5 Å². The third kappa shape index (κ3) is 4.21. The largest absolute Gasteiger partial charge is 0.502 e. The third-order valence-corrected chi connectivity index (χ3v) is 3.14. The molecule has 0 aliphatic rings. The lowest BCUT2D eigenvalue weighted by Gasteiger charge is -2.08.